The Morgan fingerprint density at radius 1 is 1.72 bits per heavy atom. The Morgan fingerprint density at radius 3 is 2.94 bits per heavy atom. The predicted octanol–water partition coefficient (Wildman–Crippen LogP) is 1.02. The Hall–Kier alpha value is -1.33. The number of nitrogen functional groups attached to an aromatic ring is 1. The van der Waals surface area contributed by atoms with Gasteiger partial charge in [-0.3, -0.25) is 4.79 Å². The summed E-state index contributed by atoms with van der Waals surface area (Å²) >= 11 is 2.52. The summed E-state index contributed by atoms with van der Waals surface area (Å²) in [6.07, 6.45) is 2.01. The highest BCUT2D eigenvalue weighted by Gasteiger charge is 2.42. The van der Waals surface area contributed by atoms with Crippen LogP contribution in [-0.2, 0) is 4.79 Å². The molecule has 3 N–H and O–H groups in total. The van der Waals surface area contributed by atoms with Crippen molar-refractivity contribution in [3.63, 3.8) is 0 Å². The van der Waals surface area contributed by atoms with Gasteiger partial charge in [0, 0.05) is 0 Å². The molecule has 6 nitrogen and oxygen atoms in total. The van der Waals surface area contributed by atoms with Gasteiger partial charge in [0.2, 0.25) is 11.0 Å². The van der Waals surface area contributed by atoms with Crippen LogP contribution in [-0.4, -0.2) is 27.4 Å². The zero-order valence-electron chi connectivity index (χ0n) is 9.84. The van der Waals surface area contributed by atoms with E-state index in [0.717, 1.165) is 12.8 Å². The number of carbonyl (C=O) groups excluding carboxylic acids is 1. The molecular weight excluding hydrogens is 270 g/mol. The minimum atomic E-state index is -0.738. The van der Waals surface area contributed by atoms with E-state index in [-0.39, 0.29) is 17.6 Å². The van der Waals surface area contributed by atoms with Crippen LogP contribution < -0.4 is 11.1 Å². The second kappa shape index (κ2) is 5.12. The van der Waals surface area contributed by atoms with Crippen molar-refractivity contribution in [2.24, 2.45) is 5.92 Å². The first kappa shape index (κ1) is 13.1. The van der Waals surface area contributed by atoms with Gasteiger partial charge in [0.05, 0.1) is 11.8 Å². The van der Waals surface area contributed by atoms with Crippen molar-refractivity contribution in [1.29, 1.82) is 5.26 Å². The first-order valence-electron chi connectivity index (χ1n) is 5.47. The summed E-state index contributed by atoms with van der Waals surface area (Å²) in [5.41, 5.74) is 4.71. The topological polar surface area (TPSA) is 105 Å². The lowest BCUT2D eigenvalue weighted by Gasteiger charge is -2.22. The summed E-state index contributed by atoms with van der Waals surface area (Å²) in [5, 5.41) is 19.8. The van der Waals surface area contributed by atoms with Crippen LogP contribution in [0, 0.1) is 17.2 Å². The van der Waals surface area contributed by atoms with E-state index in [1.54, 1.807) is 6.92 Å². The van der Waals surface area contributed by atoms with E-state index in [0.29, 0.717) is 9.47 Å². The summed E-state index contributed by atoms with van der Waals surface area (Å²) in [7, 11) is 0. The average Bonchev–Trinajstić information content (AvgIpc) is 3.11. The Kier molecular flexibility index (Phi) is 3.73. The third kappa shape index (κ3) is 3.11. The lowest BCUT2D eigenvalue weighted by molar-refractivity contribution is -0.119. The summed E-state index contributed by atoms with van der Waals surface area (Å²) in [4.78, 5) is 11.8. The van der Waals surface area contributed by atoms with Crippen molar-refractivity contribution in [3.8, 4) is 6.07 Å². The highest BCUT2D eigenvalue weighted by Crippen LogP contribution is 2.39. The van der Waals surface area contributed by atoms with E-state index < -0.39 is 5.54 Å². The van der Waals surface area contributed by atoms with Crippen LogP contribution in [0.1, 0.15) is 19.8 Å². The smallest absolute Gasteiger partial charge is 0.231 e. The monoisotopic (exact) mass is 283 g/mol. The molecule has 0 saturated heterocycles. The fourth-order valence-electron chi connectivity index (χ4n) is 1.61. The largest absolute Gasteiger partial charge is 0.374 e. The molecule has 1 amide bonds. The lowest BCUT2D eigenvalue weighted by atomic mass is 9.98. The highest BCUT2D eigenvalue weighted by molar-refractivity contribution is 8.01. The first-order chi connectivity index (χ1) is 8.53. The molecule has 0 spiro atoms. The fraction of sp³-hybridized carbons (Fsp3) is 0.600. The number of amides is 1. The van der Waals surface area contributed by atoms with Gasteiger partial charge in [0.25, 0.3) is 0 Å². The summed E-state index contributed by atoms with van der Waals surface area (Å²) in [5.74, 6) is 0.344. The fourth-order valence-corrected chi connectivity index (χ4v) is 3.05. The molecule has 96 valence electrons. The minimum absolute atomic E-state index is 0.162. The van der Waals surface area contributed by atoms with Crippen molar-refractivity contribution in [3.05, 3.63) is 0 Å². The number of hydrogen-bond donors (Lipinski definition) is 2. The van der Waals surface area contributed by atoms with E-state index in [1.807, 2.05) is 0 Å². The zero-order valence-corrected chi connectivity index (χ0v) is 11.5. The molecule has 2 rings (SSSR count). The molecular formula is C10H13N5OS2. The Labute approximate surface area is 113 Å². The zero-order chi connectivity index (χ0) is 13.2. The van der Waals surface area contributed by atoms with Gasteiger partial charge >= 0.3 is 0 Å². The van der Waals surface area contributed by atoms with Crippen LogP contribution in [0.3, 0.4) is 0 Å². The van der Waals surface area contributed by atoms with Crippen molar-refractivity contribution in [2.75, 3.05) is 11.5 Å². The molecule has 0 bridgehead atoms. The van der Waals surface area contributed by atoms with Gasteiger partial charge in [0.15, 0.2) is 4.34 Å². The molecule has 18 heavy (non-hydrogen) atoms. The second-order valence-electron chi connectivity index (χ2n) is 4.33. The van der Waals surface area contributed by atoms with Gasteiger partial charge in [0.1, 0.15) is 5.54 Å². The second-order valence-corrected chi connectivity index (χ2v) is 6.56. The molecule has 1 fully saturated rings. The van der Waals surface area contributed by atoms with Gasteiger partial charge in [-0.25, -0.2) is 0 Å². The number of carbonyl (C=O) groups is 1. The number of aromatic nitrogens is 2. The molecule has 1 aromatic heterocycles. The molecule has 8 heteroatoms. The van der Waals surface area contributed by atoms with E-state index in [4.69, 9.17) is 11.0 Å². The molecule has 1 aliphatic rings. The quantitative estimate of drug-likeness (QED) is 0.782. The van der Waals surface area contributed by atoms with Crippen molar-refractivity contribution in [2.45, 2.75) is 29.6 Å². The number of thioether (sulfide) groups is 1. The van der Waals surface area contributed by atoms with E-state index in [1.165, 1.54) is 23.1 Å². The molecule has 0 aromatic carbocycles. The van der Waals surface area contributed by atoms with Gasteiger partial charge in [-0.1, -0.05) is 23.1 Å². The van der Waals surface area contributed by atoms with Gasteiger partial charge < -0.3 is 11.1 Å². The number of nitrogens with zero attached hydrogens (tertiary/aromatic N) is 3. The number of nitrogens with two attached hydrogens (primary N) is 1. The van der Waals surface area contributed by atoms with E-state index in [2.05, 4.69) is 21.6 Å². The van der Waals surface area contributed by atoms with Crippen LogP contribution in [0.5, 0.6) is 0 Å². The number of anilines is 1. The Morgan fingerprint density at radius 2 is 2.44 bits per heavy atom. The maximum atomic E-state index is 11.8. The first-order valence-corrected chi connectivity index (χ1v) is 7.28. The lowest BCUT2D eigenvalue weighted by Crippen LogP contribution is -2.47. The third-order valence-electron chi connectivity index (χ3n) is 2.77. The van der Waals surface area contributed by atoms with Crippen molar-refractivity contribution in [1.82, 2.24) is 15.5 Å². The van der Waals surface area contributed by atoms with Gasteiger partial charge in [-0.2, -0.15) is 5.26 Å². The molecule has 1 aliphatic carbocycles. The average molecular weight is 283 g/mol. The minimum Gasteiger partial charge on any atom is -0.374 e. The van der Waals surface area contributed by atoms with Gasteiger partial charge in [-0.15, -0.1) is 10.2 Å². The Balaban J connectivity index is 1.83. The predicted molar refractivity (Wildman–Crippen MR) is 69.9 cm³/mol. The summed E-state index contributed by atoms with van der Waals surface area (Å²) < 4.78 is 0.660. The van der Waals surface area contributed by atoms with Crippen LogP contribution in [0.2, 0.25) is 0 Å². The number of hydrogen-bond acceptors (Lipinski definition) is 7. The molecule has 1 saturated carbocycles. The van der Waals surface area contributed by atoms with Crippen LogP contribution >= 0.6 is 23.1 Å². The van der Waals surface area contributed by atoms with Crippen LogP contribution in [0.4, 0.5) is 5.13 Å². The maximum Gasteiger partial charge on any atom is 0.231 e. The number of nitrogens with one attached hydrogen (secondary N) is 1. The Bertz CT molecular complexity index is 493. The van der Waals surface area contributed by atoms with E-state index in [9.17, 15) is 4.79 Å². The van der Waals surface area contributed by atoms with Crippen molar-refractivity contribution < 1.29 is 4.79 Å². The molecule has 0 unspecified atom stereocenters. The molecule has 0 aliphatic heterocycles. The molecule has 1 heterocycles. The maximum absolute atomic E-state index is 11.8. The highest BCUT2D eigenvalue weighted by atomic mass is 32.2. The molecule has 0 radical (unpaired) electrons. The van der Waals surface area contributed by atoms with Gasteiger partial charge in [-0.05, 0) is 25.7 Å². The SMILES string of the molecule is C[C@@](C#N)(NC(=O)CSc1nnc(N)s1)C1CC1. The number of nitriles is 1. The van der Waals surface area contributed by atoms with Crippen LogP contribution in [0.15, 0.2) is 4.34 Å². The molecule has 1 aromatic rings. The normalized spacial score (nSPS) is 17.8. The van der Waals surface area contributed by atoms with E-state index >= 15 is 0 Å². The summed E-state index contributed by atoms with van der Waals surface area (Å²) in [6.45, 7) is 1.77. The summed E-state index contributed by atoms with van der Waals surface area (Å²) in [6, 6.07) is 2.19. The van der Waals surface area contributed by atoms with Crippen molar-refractivity contribution >= 4 is 34.1 Å². The molecule has 1 atom stereocenters. The number of rotatable bonds is 5. The third-order valence-corrected chi connectivity index (χ3v) is 4.66. The van der Waals surface area contributed by atoms with Crippen LogP contribution in [0.25, 0.3) is 0 Å². The standard InChI is InChI=1S/C10H13N5OS2/c1-10(5-11,6-2-3-6)13-7(16)4-17-9-15-14-8(12)18-9/h6H,2-4H2,1H3,(H2,12,14)(H,13,16)/t10-/m0/s1.